The zero-order chi connectivity index (χ0) is 14.6. The molecule has 5 heteroatoms. The minimum Gasteiger partial charge on any atom is -0.494 e. The molecule has 3 nitrogen and oxygen atoms in total. The molecule has 0 aliphatic rings. The monoisotopic (exact) mass is 287 g/mol. The largest absolute Gasteiger partial charge is 0.494 e. The molecule has 0 heterocycles. The van der Waals surface area contributed by atoms with Crippen molar-refractivity contribution in [2.24, 2.45) is 5.14 Å². The predicted molar refractivity (Wildman–Crippen MR) is 77.0 cm³/mol. The third-order valence-electron chi connectivity index (χ3n) is 3.42. The SMILES string of the molecule is CC[C@H](CC(C)(C)S(N)=O)c1ccc(OC)c(F)c1. The second-order valence-electron chi connectivity index (χ2n) is 5.26. The lowest BCUT2D eigenvalue weighted by molar-refractivity contribution is 0.385. The van der Waals surface area contributed by atoms with Gasteiger partial charge < -0.3 is 4.74 Å². The van der Waals surface area contributed by atoms with Crippen molar-refractivity contribution in [1.29, 1.82) is 0 Å². The Morgan fingerprint density at radius 3 is 2.53 bits per heavy atom. The molecule has 0 aliphatic carbocycles. The van der Waals surface area contributed by atoms with Gasteiger partial charge in [0.15, 0.2) is 11.6 Å². The molecule has 2 atom stereocenters. The summed E-state index contributed by atoms with van der Waals surface area (Å²) in [6, 6.07) is 4.97. The van der Waals surface area contributed by atoms with E-state index in [-0.39, 0.29) is 17.5 Å². The number of hydrogen-bond acceptors (Lipinski definition) is 2. The standard InChI is InChI=1S/C14H22FNO2S/c1-5-10(9-14(2,3)19(16)17)11-6-7-13(18-4)12(15)8-11/h6-8,10H,5,9,16H2,1-4H3/t10-,19?/m1/s1. The molecule has 0 aliphatic heterocycles. The van der Waals surface area contributed by atoms with Crippen LogP contribution in [0.5, 0.6) is 5.75 Å². The third kappa shape index (κ3) is 4.01. The van der Waals surface area contributed by atoms with Gasteiger partial charge in [-0.2, -0.15) is 0 Å². The predicted octanol–water partition coefficient (Wildman–Crippen LogP) is 3.12. The molecule has 1 rings (SSSR count). The lowest BCUT2D eigenvalue weighted by atomic mass is 9.88. The summed E-state index contributed by atoms with van der Waals surface area (Å²) in [7, 11) is 0.0389. The lowest BCUT2D eigenvalue weighted by Gasteiger charge is -2.27. The van der Waals surface area contributed by atoms with Gasteiger partial charge in [0.2, 0.25) is 0 Å². The average molecular weight is 287 g/mol. The second kappa shape index (κ2) is 6.48. The summed E-state index contributed by atoms with van der Waals surface area (Å²) in [5.41, 5.74) is 0.888. The van der Waals surface area contributed by atoms with E-state index in [1.54, 1.807) is 6.07 Å². The summed E-state index contributed by atoms with van der Waals surface area (Å²) >= 11 is 0. The summed E-state index contributed by atoms with van der Waals surface area (Å²) in [5, 5.41) is 5.50. The molecule has 1 unspecified atom stereocenters. The fourth-order valence-electron chi connectivity index (χ4n) is 2.11. The van der Waals surface area contributed by atoms with Gasteiger partial charge in [-0.3, -0.25) is 5.14 Å². The van der Waals surface area contributed by atoms with Crippen molar-refractivity contribution in [3.63, 3.8) is 0 Å². The molecular weight excluding hydrogens is 265 g/mol. The van der Waals surface area contributed by atoms with Crippen molar-refractivity contribution >= 4 is 11.0 Å². The Morgan fingerprint density at radius 1 is 1.47 bits per heavy atom. The van der Waals surface area contributed by atoms with Gasteiger partial charge in [0.1, 0.15) is 0 Å². The van der Waals surface area contributed by atoms with E-state index < -0.39 is 15.7 Å². The fraction of sp³-hybridized carbons (Fsp3) is 0.571. The van der Waals surface area contributed by atoms with E-state index in [0.29, 0.717) is 6.42 Å². The van der Waals surface area contributed by atoms with Crippen molar-refractivity contribution in [3.05, 3.63) is 29.6 Å². The molecule has 0 bridgehead atoms. The van der Waals surface area contributed by atoms with Crippen LogP contribution in [0.4, 0.5) is 4.39 Å². The van der Waals surface area contributed by atoms with Crippen LogP contribution < -0.4 is 9.88 Å². The fourth-order valence-corrected chi connectivity index (χ4v) is 2.48. The Labute approximate surface area is 116 Å². The highest BCUT2D eigenvalue weighted by Gasteiger charge is 2.28. The second-order valence-corrected chi connectivity index (χ2v) is 6.96. The molecule has 0 spiro atoms. The topological polar surface area (TPSA) is 52.3 Å². The van der Waals surface area contributed by atoms with E-state index in [1.807, 2.05) is 26.8 Å². The van der Waals surface area contributed by atoms with E-state index in [4.69, 9.17) is 9.88 Å². The highest BCUT2D eigenvalue weighted by molar-refractivity contribution is 7.84. The molecule has 0 saturated carbocycles. The maximum absolute atomic E-state index is 13.7. The Kier molecular flexibility index (Phi) is 5.50. The van der Waals surface area contributed by atoms with Crippen LogP contribution in [0, 0.1) is 5.82 Å². The Bertz CT molecular complexity index is 463. The third-order valence-corrected chi connectivity index (χ3v) is 4.68. The molecule has 0 amide bonds. The molecule has 0 saturated heterocycles. The van der Waals surface area contributed by atoms with Crippen LogP contribution in [-0.4, -0.2) is 16.1 Å². The molecular formula is C14H22FNO2S. The van der Waals surface area contributed by atoms with Crippen LogP contribution in [0.15, 0.2) is 18.2 Å². The van der Waals surface area contributed by atoms with Crippen molar-refractivity contribution in [1.82, 2.24) is 0 Å². The van der Waals surface area contributed by atoms with Gasteiger partial charge in [-0.05, 0) is 50.3 Å². The van der Waals surface area contributed by atoms with E-state index in [9.17, 15) is 8.60 Å². The summed E-state index contributed by atoms with van der Waals surface area (Å²) in [6.07, 6.45) is 1.49. The molecule has 2 N–H and O–H groups in total. The van der Waals surface area contributed by atoms with E-state index in [1.165, 1.54) is 13.2 Å². The quantitative estimate of drug-likeness (QED) is 0.874. The number of hydrogen-bond donors (Lipinski definition) is 1. The molecule has 1 aromatic carbocycles. The van der Waals surface area contributed by atoms with Gasteiger partial charge in [-0.1, -0.05) is 13.0 Å². The lowest BCUT2D eigenvalue weighted by Crippen LogP contribution is -2.33. The number of benzene rings is 1. The normalized spacial score (nSPS) is 15.1. The minimum atomic E-state index is -1.40. The number of methoxy groups -OCH3 is 1. The molecule has 0 radical (unpaired) electrons. The van der Waals surface area contributed by atoms with Gasteiger partial charge in [-0.15, -0.1) is 0 Å². The first-order valence-corrected chi connectivity index (χ1v) is 7.52. The molecule has 19 heavy (non-hydrogen) atoms. The van der Waals surface area contributed by atoms with Gasteiger partial charge in [0.05, 0.1) is 22.8 Å². The van der Waals surface area contributed by atoms with Crippen molar-refractivity contribution in [2.45, 2.75) is 44.3 Å². The maximum Gasteiger partial charge on any atom is 0.165 e. The Morgan fingerprint density at radius 2 is 2.11 bits per heavy atom. The molecule has 0 aromatic heterocycles. The number of halogens is 1. The van der Waals surface area contributed by atoms with Crippen LogP contribution in [-0.2, 0) is 11.0 Å². The number of ether oxygens (including phenoxy) is 1. The van der Waals surface area contributed by atoms with Crippen molar-refractivity contribution in [3.8, 4) is 5.75 Å². The van der Waals surface area contributed by atoms with Gasteiger partial charge in [0.25, 0.3) is 0 Å². The Balaban J connectivity index is 2.98. The van der Waals surface area contributed by atoms with Gasteiger partial charge >= 0.3 is 0 Å². The van der Waals surface area contributed by atoms with Crippen molar-refractivity contribution < 1.29 is 13.3 Å². The molecule has 108 valence electrons. The summed E-state index contributed by atoms with van der Waals surface area (Å²) < 4.78 is 29.7. The average Bonchev–Trinajstić information content (AvgIpc) is 2.35. The summed E-state index contributed by atoms with van der Waals surface area (Å²) in [4.78, 5) is 0. The van der Waals surface area contributed by atoms with E-state index in [2.05, 4.69) is 0 Å². The van der Waals surface area contributed by atoms with Crippen LogP contribution in [0.25, 0.3) is 0 Å². The maximum atomic E-state index is 13.7. The number of nitrogens with two attached hydrogens (primary N) is 1. The number of rotatable bonds is 6. The highest BCUT2D eigenvalue weighted by Crippen LogP contribution is 2.33. The first-order valence-electron chi connectivity index (χ1n) is 6.31. The Hall–Kier alpha value is -0.940. The van der Waals surface area contributed by atoms with Crippen LogP contribution in [0.2, 0.25) is 0 Å². The van der Waals surface area contributed by atoms with Crippen LogP contribution in [0.3, 0.4) is 0 Å². The minimum absolute atomic E-state index is 0.128. The summed E-state index contributed by atoms with van der Waals surface area (Å²) in [6.45, 7) is 5.76. The van der Waals surface area contributed by atoms with Crippen LogP contribution in [0.1, 0.15) is 45.1 Å². The smallest absolute Gasteiger partial charge is 0.165 e. The van der Waals surface area contributed by atoms with Crippen molar-refractivity contribution in [2.75, 3.05) is 7.11 Å². The first-order chi connectivity index (χ1) is 8.81. The first kappa shape index (κ1) is 16.1. The van der Waals surface area contributed by atoms with Gasteiger partial charge in [0, 0.05) is 0 Å². The zero-order valence-corrected chi connectivity index (χ0v) is 12.7. The highest BCUT2D eigenvalue weighted by atomic mass is 32.2. The van der Waals surface area contributed by atoms with E-state index in [0.717, 1.165) is 12.0 Å². The van der Waals surface area contributed by atoms with Crippen LogP contribution >= 0.6 is 0 Å². The molecule has 1 aromatic rings. The van der Waals surface area contributed by atoms with E-state index >= 15 is 0 Å². The zero-order valence-electron chi connectivity index (χ0n) is 11.9. The summed E-state index contributed by atoms with van der Waals surface area (Å²) in [5.74, 6) is -0.00621. The van der Waals surface area contributed by atoms with Gasteiger partial charge in [-0.25, -0.2) is 8.60 Å². The molecule has 0 fully saturated rings.